The second-order valence-electron chi connectivity index (χ2n) is 4.25. The molecule has 0 aromatic rings. The van der Waals surface area contributed by atoms with Crippen molar-refractivity contribution in [3.05, 3.63) is 26.7 Å². The first kappa shape index (κ1) is 21.1. The molecule has 110 valence electrons. The summed E-state index contributed by atoms with van der Waals surface area (Å²) in [6, 6.07) is 0. The zero-order valence-electron chi connectivity index (χ0n) is 11.4. The van der Waals surface area contributed by atoms with Gasteiger partial charge in [-0.2, -0.15) is 6.42 Å². The Morgan fingerprint density at radius 1 is 1.28 bits per heavy atom. The van der Waals surface area contributed by atoms with E-state index < -0.39 is 0 Å². The van der Waals surface area contributed by atoms with E-state index in [2.05, 4.69) is 6.58 Å². The Labute approximate surface area is 128 Å². The van der Waals surface area contributed by atoms with Crippen molar-refractivity contribution >= 4 is 20.1 Å². The zero-order valence-corrected chi connectivity index (χ0v) is 14.2. The summed E-state index contributed by atoms with van der Waals surface area (Å²) >= 11 is -0.181. The number of rotatable bonds is 3. The van der Waals surface area contributed by atoms with Crippen LogP contribution in [0, 0.1) is 20.0 Å². The predicted molar refractivity (Wildman–Crippen MR) is 79.0 cm³/mol. The number of allylic oxidation sites excluding steroid dienone is 1. The Bertz CT molecular complexity index is 150. The van der Waals surface area contributed by atoms with Gasteiger partial charge >= 0.3 is 33.5 Å². The zero-order chi connectivity index (χ0) is 12.8. The minimum atomic E-state index is -0.181. The summed E-state index contributed by atoms with van der Waals surface area (Å²) in [7, 11) is 9.65. The van der Waals surface area contributed by atoms with Crippen LogP contribution in [-0.2, 0) is 18.1 Å². The first-order valence-electron chi connectivity index (χ1n) is 6.28. The molecular weight excluding hydrogens is 307 g/mol. The summed E-state index contributed by atoms with van der Waals surface area (Å²) in [4.78, 5) is 0. The molecule has 1 aliphatic heterocycles. The van der Waals surface area contributed by atoms with Gasteiger partial charge in [-0.05, 0) is 18.8 Å². The summed E-state index contributed by atoms with van der Waals surface area (Å²) in [5.41, 5.74) is 0. The molecule has 2 rings (SSSR count). The molecule has 18 heavy (non-hydrogen) atoms. The van der Waals surface area contributed by atoms with Crippen molar-refractivity contribution in [1.82, 2.24) is 0 Å². The maximum absolute atomic E-state index is 4.83. The molecule has 0 aromatic heterocycles. The molecule has 0 unspecified atom stereocenters. The molecule has 2 aliphatic rings. The maximum atomic E-state index is 4.83. The summed E-state index contributed by atoms with van der Waals surface area (Å²) < 4.78 is 4.82. The Balaban J connectivity index is 0. The molecule has 0 atom stereocenters. The van der Waals surface area contributed by atoms with Crippen molar-refractivity contribution in [3.63, 3.8) is 0 Å². The Morgan fingerprint density at radius 3 is 2.22 bits per heavy atom. The molecule has 2 fully saturated rings. The molecule has 1 saturated heterocycles. The van der Waals surface area contributed by atoms with Crippen molar-refractivity contribution in [3.8, 4) is 0 Å². The van der Waals surface area contributed by atoms with E-state index in [1.165, 1.54) is 44.9 Å². The topological polar surface area (TPSA) is 9.23 Å². The van der Waals surface area contributed by atoms with E-state index in [0.717, 1.165) is 18.9 Å². The Kier molecular flexibility index (Phi) is 20.9. The average Bonchev–Trinajstić information content (AvgIpc) is 3.03. The Hall–Kier alpha value is 0.812. The van der Waals surface area contributed by atoms with E-state index in [9.17, 15) is 0 Å². The van der Waals surface area contributed by atoms with Gasteiger partial charge in [-0.15, -0.1) is 6.58 Å². The van der Waals surface area contributed by atoms with Crippen LogP contribution in [0.4, 0.5) is 0 Å². The first-order valence-corrected chi connectivity index (χ1v) is 9.79. The van der Waals surface area contributed by atoms with Gasteiger partial charge < -0.3 is 12.2 Å². The van der Waals surface area contributed by atoms with Gasteiger partial charge in [0.15, 0.2) is 0 Å². The van der Waals surface area contributed by atoms with Gasteiger partial charge in [-0.1, -0.05) is 38.2 Å². The number of halogens is 2. The van der Waals surface area contributed by atoms with E-state index in [0.29, 0.717) is 0 Å². The fourth-order valence-corrected chi connectivity index (χ4v) is 2.07. The van der Waals surface area contributed by atoms with E-state index in [1.807, 2.05) is 12.7 Å². The van der Waals surface area contributed by atoms with Gasteiger partial charge in [-0.25, -0.2) is 6.61 Å². The van der Waals surface area contributed by atoms with Gasteiger partial charge in [0, 0.05) is 6.61 Å². The second kappa shape index (κ2) is 17.8. The summed E-state index contributed by atoms with van der Waals surface area (Å²) in [5.74, 6) is 1.04. The van der Waals surface area contributed by atoms with E-state index in [1.54, 1.807) is 0 Å². The summed E-state index contributed by atoms with van der Waals surface area (Å²) in [5, 5.41) is 0. The molecule has 1 nitrogen and oxygen atoms in total. The molecule has 0 amide bonds. The predicted octanol–water partition coefficient (Wildman–Crippen LogP) is 5.93. The van der Waals surface area contributed by atoms with Crippen LogP contribution in [-0.4, -0.2) is 6.61 Å². The third kappa shape index (κ3) is 14.9. The van der Waals surface area contributed by atoms with Gasteiger partial charge in [0.25, 0.3) is 0 Å². The van der Waals surface area contributed by atoms with Crippen molar-refractivity contribution < 1.29 is 18.1 Å². The van der Waals surface area contributed by atoms with Gasteiger partial charge in [0.2, 0.25) is 0 Å². The third-order valence-corrected chi connectivity index (χ3v) is 2.96. The normalized spacial score (nSPS) is 17.9. The molecule has 0 radical (unpaired) electrons. The molecule has 1 aliphatic carbocycles. The molecule has 0 N–H and O–H groups in total. The van der Waals surface area contributed by atoms with Gasteiger partial charge in [-0.3, -0.25) is 0 Å². The van der Waals surface area contributed by atoms with Crippen molar-refractivity contribution in [1.29, 1.82) is 0 Å². The average molecular weight is 333 g/mol. The van der Waals surface area contributed by atoms with E-state index in [4.69, 9.17) is 24.8 Å². The fraction of sp³-hybridized carbons (Fsp3) is 0.714. The molecule has 0 spiro atoms. The standard InChI is InChI=1S/C9H16.C4H7O.CH3.2ClH.Cr/c1-2-3-6-9-7-4-5-8-9;1-2-4-5-3-1;;;;/h2,9H,1,3-8H2;3H,1-2,4H2;1H3;2*1H;/q;2*-1;;;+2/p-2. The molecule has 0 aromatic carbocycles. The third-order valence-electron chi connectivity index (χ3n) is 2.96. The summed E-state index contributed by atoms with van der Waals surface area (Å²) in [6.07, 6.45) is 12.9. The number of hydrogen-bond donors (Lipinski definition) is 0. The van der Waals surface area contributed by atoms with Crippen LogP contribution in [0.5, 0.6) is 0 Å². The van der Waals surface area contributed by atoms with E-state index >= 15 is 0 Å². The van der Waals surface area contributed by atoms with Crippen molar-refractivity contribution in [2.45, 2.75) is 51.4 Å². The van der Waals surface area contributed by atoms with Crippen LogP contribution in [0.15, 0.2) is 12.7 Å². The molecule has 0 bridgehead atoms. The molecular formula is C14H26Cl2CrO-2. The van der Waals surface area contributed by atoms with Gasteiger partial charge in [0.1, 0.15) is 0 Å². The van der Waals surface area contributed by atoms with Crippen LogP contribution in [0.1, 0.15) is 51.4 Å². The monoisotopic (exact) mass is 332 g/mol. The van der Waals surface area contributed by atoms with Crippen LogP contribution in [0.3, 0.4) is 0 Å². The Morgan fingerprint density at radius 2 is 1.89 bits per heavy atom. The molecule has 1 saturated carbocycles. The fourth-order valence-electron chi connectivity index (χ4n) is 2.07. The SMILES string of the molecule is C=CCCC1CCCC1.[CH-]1CCCO1.[CH3-].[Cl][Cr][Cl]. The summed E-state index contributed by atoms with van der Waals surface area (Å²) in [6.45, 7) is 6.53. The van der Waals surface area contributed by atoms with Crippen LogP contribution in [0.2, 0.25) is 0 Å². The molecule has 4 heteroatoms. The second-order valence-corrected chi connectivity index (χ2v) is 6.36. The molecule has 1 heterocycles. The minimum absolute atomic E-state index is 0. The van der Waals surface area contributed by atoms with Gasteiger partial charge in [0.05, 0.1) is 0 Å². The first-order chi connectivity index (χ1) is 8.35. The quantitative estimate of drug-likeness (QED) is 0.459. The van der Waals surface area contributed by atoms with E-state index in [-0.39, 0.29) is 20.8 Å². The number of hydrogen-bond acceptors (Lipinski definition) is 1. The van der Waals surface area contributed by atoms with Crippen LogP contribution in [0.25, 0.3) is 0 Å². The number of ether oxygens (including phenoxy) is 1. The van der Waals surface area contributed by atoms with Crippen molar-refractivity contribution in [2.24, 2.45) is 5.92 Å². The van der Waals surface area contributed by atoms with Crippen LogP contribution < -0.4 is 0 Å². The van der Waals surface area contributed by atoms with Crippen LogP contribution >= 0.6 is 20.1 Å². The van der Waals surface area contributed by atoms with Crippen molar-refractivity contribution in [2.75, 3.05) is 6.61 Å².